The van der Waals surface area contributed by atoms with Gasteiger partial charge in [-0.3, -0.25) is 14.4 Å². The lowest BCUT2D eigenvalue weighted by molar-refractivity contribution is -0.167. The molecule has 1 unspecified atom stereocenters. The van der Waals surface area contributed by atoms with Gasteiger partial charge in [0.25, 0.3) is 0 Å². The Kier molecular flexibility index (Phi) is 65.1. The molecule has 0 saturated carbocycles. The molecule has 0 radical (unpaired) electrons. The van der Waals surface area contributed by atoms with Crippen molar-refractivity contribution in [1.82, 2.24) is 0 Å². The van der Waals surface area contributed by atoms with Gasteiger partial charge in [-0.2, -0.15) is 0 Å². The van der Waals surface area contributed by atoms with E-state index in [9.17, 15) is 14.4 Å². The van der Waals surface area contributed by atoms with Crippen LogP contribution in [0.2, 0.25) is 0 Å². The highest BCUT2D eigenvalue weighted by Crippen LogP contribution is 2.18. The molecular formula is C73H132O6. The van der Waals surface area contributed by atoms with Gasteiger partial charge in [0.15, 0.2) is 6.10 Å². The average molecular weight is 1110 g/mol. The van der Waals surface area contributed by atoms with E-state index in [1.807, 2.05) is 0 Å². The summed E-state index contributed by atoms with van der Waals surface area (Å²) in [5.41, 5.74) is 0. The van der Waals surface area contributed by atoms with Crippen LogP contribution >= 0.6 is 0 Å². The van der Waals surface area contributed by atoms with Crippen LogP contribution in [-0.4, -0.2) is 37.2 Å². The van der Waals surface area contributed by atoms with Crippen molar-refractivity contribution < 1.29 is 28.6 Å². The molecule has 0 spiro atoms. The third kappa shape index (κ3) is 65.8. The van der Waals surface area contributed by atoms with E-state index >= 15 is 0 Å². The molecule has 0 aliphatic rings. The minimum absolute atomic E-state index is 0.0715. The molecule has 0 aliphatic heterocycles. The highest BCUT2D eigenvalue weighted by molar-refractivity contribution is 5.71. The number of esters is 3. The summed E-state index contributed by atoms with van der Waals surface area (Å²) in [5.74, 6) is -0.857. The number of carbonyl (C=O) groups is 3. The van der Waals surface area contributed by atoms with Crippen LogP contribution in [0.4, 0.5) is 0 Å². The Morgan fingerprint density at radius 2 is 0.494 bits per heavy atom. The lowest BCUT2D eigenvalue weighted by Crippen LogP contribution is -2.30. The third-order valence-corrected chi connectivity index (χ3v) is 15.5. The summed E-state index contributed by atoms with van der Waals surface area (Å²) in [4.78, 5) is 38.3. The van der Waals surface area contributed by atoms with Gasteiger partial charge in [0.05, 0.1) is 0 Å². The first kappa shape index (κ1) is 76.1. The molecule has 79 heavy (non-hydrogen) atoms. The molecule has 6 heteroatoms. The molecule has 0 saturated heterocycles. The topological polar surface area (TPSA) is 78.9 Å². The SMILES string of the molecule is CC/C=C\C/C=C\C/C=C\C/C=C\C/C=C\CCCCCCCCCCCC(=O)OC(COC(=O)CCCCCCCCCCCC)COC(=O)CCCCCCCCCCCCCCCCCCCCCCCCCCCC. The summed E-state index contributed by atoms with van der Waals surface area (Å²) in [6.45, 7) is 6.57. The van der Waals surface area contributed by atoms with Crippen LogP contribution in [0, 0.1) is 0 Å². The first-order chi connectivity index (χ1) is 39.0. The fourth-order valence-corrected chi connectivity index (χ4v) is 10.4. The van der Waals surface area contributed by atoms with E-state index in [0.29, 0.717) is 19.3 Å². The van der Waals surface area contributed by atoms with Gasteiger partial charge in [-0.15, -0.1) is 0 Å². The second kappa shape index (κ2) is 67.6. The molecule has 0 bridgehead atoms. The summed E-state index contributed by atoms with van der Waals surface area (Å²) in [5, 5.41) is 0. The van der Waals surface area contributed by atoms with E-state index < -0.39 is 6.10 Å². The number of ether oxygens (including phenoxy) is 3. The fourth-order valence-electron chi connectivity index (χ4n) is 10.4. The molecule has 0 fully saturated rings. The summed E-state index contributed by atoms with van der Waals surface area (Å²) in [6.07, 6.45) is 86.9. The van der Waals surface area contributed by atoms with Crippen LogP contribution in [0.5, 0.6) is 0 Å². The molecule has 1 atom stereocenters. The van der Waals surface area contributed by atoms with Crippen molar-refractivity contribution in [2.45, 2.75) is 374 Å². The van der Waals surface area contributed by atoms with Gasteiger partial charge >= 0.3 is 17.9 Å². The van der Waals surface area contributed by atoms with Crippen molar-refractivity contribution in [3.8, 4) is 0 Å². The van der Waals surface area contributed by atoms with Crippen molar-refractivity contribution in [2.75, 3.05) is 13.2 Å². The molecule has 0 amide bonds. The van der Waals surface area contributed by atoms with Crippen molar-refractivity contribution in [3.63, 3.8) is 0 Å². The first-order valence-corrected chi connectivity index (χ1v) is 34.8. The monoisotopic (exact) mass is 1110 g/mol. The second-order valence-corrected chi connectivity index (χ2v) is 23.4. The number of unbranched alkanes of at least 4 members (excludes halogenated alkanes) is 43. The fraction of sp³-hybridized carbons (Fsp3) is 0.822. The van der Waals surface area contributed by atoms with Crippen molar-refractivity contribution in [3.05, 3.63) is 60.8 Å². The van der Waals surface area contributed by atoms with E-state index in [4.69, 9.17) is 14.2 Å². The number of allylic oxidation sites excluding steroid dienone is 10. The predicted molar refractivity (Wildman–Crippen MR) is 344 cm³/mol. The van der Waals surface area contributed by atoms with Gasteiger partial charge in [-0.05, 0) is 64.2 Å². The molecule has 0 aromatic rings. The zero-order valence-corrected chi connectivity index (χ0v) is 52.9. The van der Waals surface area contributed by atoms with Crippen LogP contribution in [0.3, 0.4) is 0 Å². The first-order valence-electron chi connectivity index (χ1n) is 34.8. The van der Waals surface area contributed by atoms with Crippen molar-refractivity contribution in [2.24, 2.45) is 0 Å². The molecular weight excluding hydrogens is 973 g/mol. The maximum absolute atomic E-state index is 12.9. The Bertz CT molecular complexity index is 1410. The number of hydrogen-bond acceptors (Lipinski definition) is 6. The predicted octanol–water partition coefficient (Wildman–Crippen LogP) is 23.9. The normalized spacial score (nSPS) is 12.4. The zero-order valence-electron chi connectivity index (χ0n) is 52.9. The van der Waals surface area contributed by atoms with Crippen molar-refractivity contribution in [1.29, 1.82) is 0 Å². The molecule has 0 aromatic carbocycles. The largest absolute Gasteiger partial charge is 0.462 e. The van der Waals surface area contributed by atoms with Crippen molar-refractivity contribution >= 4 is 17.9 Å². The minimum atomic E-state index is -0.775. The lowest BCUT2D eigenvalue weighted by Gasteiger charge is -2.18. The summed E-state index contributed by atoms with van der Waals surface area (Å²) >= 11 is 0. The summed E-state index contributed by atoms with van der Waals surface area (Å²) in [7, 11) is 0. The van der Waals surface area contributed by atoms with Gasteiger partial charge in [0.1, 0.15) is 13.2 Å². The van der Waals surface area contributed by atoms with E-state index in [1.54, 1.807) is 0 Å². The summed E-state index contributed by atoms with van der Waals surface area (Å²) < 4.78 is 16.9. The molecule has 0 N–H and O–H groups in total. The Morgan fingerprint density at radius 1 is 0.266 bits per heavy atom. The molecule has 460 valence electrons. The highest BCUT2D eigenvalue weighted by atomic mass is 16.6. The highest BCUT2D eigenvalue weighted by Gasteiger charge is 2.19. The smallest absolute Gasteiger partial charge is 0.306 e. The Balaban J connectivity index is 4.18. The minimum Gasteiger partial charge on any atom is -0.462 e. The van der Waals surface area contributed by atoms with Crippen LogP contribution in [0.15, 0.2) is 60.8 Å². The second-order valence-electron chi connectivity index (χ2n) is 23.4. The van der Waals surface area contributed by atoms with Gasteiger partial charge in [-0.25, -0.2) is 0 Å². The number of hydrogen-bond donors (Lipinski definition) is 0. The maximum atomic E-state index is 12.9. The van der Waals surface area contributed by atoms with E-state index in [-0.39, 0.29) is 31.1 Å². The number of carbonyl (C=O) groups excluding carboxylic acids is 3. The lowest BCUT2D eigenvalue weighted by atomic mass is 10.0. The molecule has 0 rings (SSSR count). The van der Waals surface area contributed by atoms with E-state index in [0.717, 1.165) is 96.3 Å². The Hall–Kier alpha value is -2.89. The van der Waals surface area contributed by atoms with Gasteiger partial charge in [0.2, 0.25) is 0 Å². The summed E-state index contributed by atoms with van der Waals surface area (Å²) in [6, 6.07) is 0. The standard InChI is InChI=1S/C73H132O6/c1-4-7-10-13-16-19-22-24-26-28-30-32-34-36-38-39-41-43-45-47-49-51-54-57-60-63-66-72(75)78-69-70(68-77-71(74)65-62-59-56-53-21-18-15-12-9-6-3)79-73(76)67-64-61-58-55-52-50-48-46-44-42-40-37-35-33-31-29-27-25-23-20-17-14-11-8-5-2/h8,11,17,20,25,27,31,33,37,40,70H,4-7,9-10,12-16,18-19,21-24,26,28-30,32,34-36,38-39,41-69H2,1-3H3/b11-8-,20-17-,27-25-,33-31-,40-37-. The molecule has 0 aliphatic carbocycles. The van der Waals surface area contributed by atoms with Gasteiger partial charge < -0.3 is 14.2 Å². The van der Waals surface area contributed by atoms with Crippen LogP contribution in [-0.2, 0) is 28.6 Å². The van der Waals surface area contributed by atoms with Crippen LogP contribution < -0.4 is 0 Å². The number of rotatable bonds is 64. The average Bonchev–Trinajstić information content (AvgIpc) is 3.45. The maximum Gasteiger partial charge on any atom is 0.306 e. The van der Waals surface area contributed by atoms with Crippen LogP contribution in [0.25, 0.3) is 0 Å². The zero-order chi connectivity index (χ0) is 57.1. The van der Waals surface area contributed by atoms with E-state index in [1.165, 1.54) is 231 Å². The van der Waals surface area contributed by atoms with Crippen LogP contribution in [0.1, 0.15) is 367 Å². The Labute approximate surface area is 491 Å². The van der Waals surface area contributed by atoms with Gasteiger partial charge in [0, 0.05) is 19.3 Å². The quantitative estimate of drug-likeness (QED) is 0.0261. The molecule has 0 aromatic heterocycles. The third-order valence-electron chi connectivity index (χ3n) is 15.5. The molecule has 6 nitrogen and oxygen atoms in total. The Morgan fingerprint density at radius 3 is 0.772 bits per heavy atom. The molecule has 0 heterocycles. The van der Waals surface area contributed by atoms with E-state index in [2.05, 4.69) is 81.5 Å². The van der Waals surface area contributed by atoms with Gasteiger partial charge in [-0.1, -0.05) is 345 Å².